The van der Waals surface area contributed by atoms with Gasteiger partial charge in [0.05, 0.1) is 35.3 Å². The number of nitro groups is 1. The molecule has 0 bridgehead atoms. The summed E-state index contributed by atoms with van der Waals surface area (Å²) in [5.41, 5.74) is -0.981. The number of hydrogen-bond donors (Lipinski definition) is 2. The van der Waals surface area contributed by atoms with E-state index in [0.717, 1.165) is 29.2 Å². The molecule has 3 aromatic rings. The number of phenolic OH excluding ortho intramolecular Hbond substituents is 1. The van der Waals surface area contributed by atoms with Gasteiger partial charge in [-0.1, -0.05) is 12.1 Å². The number of ketones is 1. The zero-order valence-corrected chi connectivity index (χ0v) is 20.4. The van der Waals surface area contributed by atoms with E-state index in [0.29, 0.717) is 12.4 Å². The highest BCUT2D eigenvalue weighted by Gasteiger charge is 2.47. The minimum absolute atomic E-state index is 0.0106. The van der Waals surface area contributed by atoms with E-state index in [-0.39, 0.29) is 29.2 Å². The third-order valence-corrected chi connectivity index (χ3v) is 5.86. The van der Waals surface area contributed by atoms with Gasteiger partial charge in [0.1, 0.15) is 23.1 Å². The smallest absolute Gasteiger partial charge is 0.311 e. The topological polar surface area (TPSA) is 139 Å². The van der Waals surface area contributed by atoms with Gasteiger partial charge in [-0.3, -0.25) is 24.6 Å². The van der Waals surface area contributed by atoms with Crippen molar-refractivity contribution in [3.63, 3.8) is 0 Å². The van der Waals surface area contributed by atoms with E-state index < -0.39 is 51.2 Å². The molecule has 1 amide bonds. The second-order valence-corrected chi connectivity index (χ2v) is 8.18. The van der Waals surface area contributed by atoms with Crippen LogP contribution in [0.15, 0.2) is 66.2 Å². The molecule has 1 saturated heterocycles. The maximum Gasteiger partial charge on any atom is 0.311 e. The van der Waals surface area contributed by atoms with E-state index in [9.17, 15) is 34.3 Å². The summed E-state index contributed by atoms with van der Waals surface area (Å²) < 4.78 is 25.3. The first kappa shape index (κ1) is 26.1. The standard InChI is InChI=1S/C27H23FN2O8/c1-3-37-18-9-10-19(22(14-18)38-4-2)25(32)23-24(15-8-11-21(31)20(12-15)30(35)36)29(27(34)26(23)33)17-7-5-6-16(28)13-17/h5-14,24,31-32H,3-4H2,1-2H3/b25-23-. The maximum atomic E-state index is 14.1. The zero-order chi connectivity index (χ0) is 27.6. The number of phenols is 1. The molecule has 0 spiro atoms. The van der Waals surface area contributed by atoms with Crippen molar-refractivity contribution in [3.8, 4) is 17.2 Å². The highest BCUT2D eigenvalue weighted by atomic mass is 19.1. The van der Waals surface area contributed by atoms with Gasteiger partial charge >= 0.3 is 5.69 Å². The van der Waals surface area contributed by atoms with E-state index in [1.54, 1.807) is 19.9 Å². The molecule has 1 atom stereocenters. The lowest BCUT2D eigenvalue weighted by atomic mass is 9.94. The molecule has 0 saturated carbocycles. The molecule has 0 aliphatic carbocycles. The van der Waals surface area contributed by atoms with Crippen molar-refractivity contribution in [1.82, 2.24) is 0 Å². The fraction of sp³-hybridized carbons (Fsp3) is 0.185. The Kier molecular flexibility index (Phi) is 7.28. The van der Waals surface area contributed by atoms with E-state index in [1.165, 1.54) is 30.3 Å². The van der Waals surface area contributed by atoms with E-state index >= 15 is 0 Å². The van der Waals surface area contributed by atoms with Crippen molar-refractivity contribution in [1.29, 1.82) is 0 Å². The summed E-state index contributed by atoms with van der Waals surface area (Å²) in [5.74, 6) is -3.49. The molecule has 3 aromatic carbocycles. The van der Waals surface area contributed by atoms with Crippen LogP contribution in [0.2, 0.25) is 0 Å². The molecule has 0 aromatic heterocycles. The lowest BCUT2D eigenvalue weighted by Crippen LogP contribution is -2.29. The predicted octanol–water partition coefficient (Wildman–Crippen LogP) is 4.86. The number of halogens is 1. The number of carbonyl (C=O) groups excluding carboxylic acids is 2. The van der Waals surface area contributed by atoms with Crippen LogP contribution < -0.4 is 14.4 Å². The molecule has 0 radical (unpaired) electrons. The van der Waals surface area contributed by atoms with Crippen LogP contribution in [0.4, 0.5) is 15.8 Å². The number of benzene rings is 3. The number of nitrogens with zero attached hydrogens (tertiary/aromatic N) is 2. The van der Waals surface area contributed by atoms with E-state index in [4.69, 9.17) is 9.47 Å². The molecule has 1 aliphatic heterocycles. The Morgan fingerprint density at radius 1 is 1.05 bits per heavy atom. The van der Waals surface area contributed by atoms with Crippen LogP contribution in [0.3, 0.4) is 0 Å². The van der Waals surface area contributed by atoms with Crippen molar-refractivity contribution < 1.29 is 38.6 Å². The number of aliphatic hydroxyl groups is 1. The SMILES string of the molecule is CCOc1ccc(/C(O)=C2/C(=O)C(=O)N(c3cccc(F)c3)C2c2ccc(O)c([N+](=O)[O-])c2)c(OCC)c1. The number of Topliss-reactive ketones (excluding diaryl/α,β-unsaturated/α-hetero) is 1. The third kappa shape index (κ3) is 4.73. The number of aromatic hydroxyl groups is 1. The Morgan fingerprint density at radius 3 is 2.45 bits per heavy atom. The first-order chi connectivity index (χ1) is 18.2. The molecule has 11 heteroatoms. The second kappa shape index (κ2) is 10.6. The quantitative estimate of drug-likeness (QED) is 0.141. The number of amides is 1. The summed E-state index contributed by atoms with van der Waals surface area (Å²) in [6.45, 7) is 4.09. The number of anilines is 1. The number of carbonyl (C=O) groups is 2. The van der Waals surface area contributed by atoms with Gasteiger partial charge in [-0.15, -0.1) is 0 Å². The number of aliphatic hydroxyl groups excluding tert-OH is 1. The monoisotopic (exact) mass is 522 g/mol. The van der Waals surface area contributed by atoms with Gasteiger partial charge in [0, 0.05) is 17.8 Å². The van der Waals surface area contributed by atoms with Crippen LogP contribution >= 0.6 is 0 Å². The molecule has 1 heterocycles. The van der Waals surface area contributed by atoms with Crippen molar-refractivity contribution in [2.75, 3.05) is 18.1 Å². The number of rotatable bonds is 8. The Balaban J connectivity index is 1.99. The Labute approximate surface area is 216 Å². The predicted molar refractivity (Wildman–Crippen MR) is 135 cm³/mol. The summed E-state index contributed by atoms with van der Waals surface area (Å²) >= 11 is 0. The van der Waals surface area contributed by atoms with Crippen LogP contribution in [0, 0.1) is 15.9 Å². The third-order valence-electron chi connectivity index (χ3n) is 5.86. The van der Waals surface area contributed by atoms with E-state index in [2.05, 4.69) is 0 Å². The summed E-state index contributed by atoms with van der Waals surface area (Å²) in [6, 6.07) is 11.3. The Morgan fingerprint density at radius 2 is 1.79 bits per heavy atom. The highest BCUT2D eigenvalue weighted by Crippen LogP contribution is 2.45. The lowest BCUT2D eigenvalue weighted by Gasteiger charge is -2.25. The van der Waals surface area contributed by atoms with Gasteiger partial charge in [-0.25, -0.2) is 4.39 Å². The van der Waals surface area contributed by atoms with Crippen LogP contribution in [-0.2, 0) is 9.59 Å². The lowest BCUT2D eigenvalue weighted by molar-refractivity contribution is -0.385. The summed E-state index contributed by atoms with van der Waals surface area (Å²) in [6.07, 6.45) is 0. The molecule has 1 fully saturated rings. The summed E-state index contributed by atoms with van der Waals surface area (Å²) in [5, 5.41) is 32.9. The van der Waals surface area contributed by atoms with Gasteiger partial charge in [-0.2, -0.15) is 0 Å². The molecular weight excluding hydrogens is 499 g/mol. The molecule has 196 valence electrons. The largest absolute Gasteiger partial charge is 0.507 e. The van der Waals surface area contributed by atoms with Crippen LogP contribution in [-0.4, -0.2) is 40.0 Å². The molecule has 4 rings (SSSR count). The molecular formula is C27H23FN2O8. The minimum Gasteiger partial charge on any atom is -0.507 e. The first-order valence-corrected chi connectivity index (χ1v) is 11.6. The van der Waals surface area contributed by atoms with Crippen molar-refractivity contribution in [2.45, 2.75) is 19.9 Å². The average molecular weight is 522 g/mol. The van der Waals surface area contributed by atoms with Gasteiger partial charge < -0.3 is 19.7 Å². The van der Waals surface area contributed by atoms with Gasteiger partial charge in [0.25, 0.3) is 11.7 Å². The van der Waals surface area contributed by atoms with Gasteiger partial charge in [0.15, 0.2) is 5.75 Å². The van der Waals surface area contributed by atoms with Crippen LogP contribution in [0.5, 0.6) is 17.2 Å². The molecule has 2 N–H and O–H groups in total. The van der Waals surface area contributed by atoms with Crippen LogP contribution in [0.25, 0.3) is 5.76 Å². The Bertz CT molecular complexity index is 1470. The molecule has 38 heavy (non-hydrogen) atoms. The molecule has 1 unspecified atom stereocenters. The number of ether oxygens (including phenoxy) is 2. The zero-order valence-electron chi connectivity index (χ0n) is 20.4. The van der Waals surface area contributed by atoms with Gasteiger partial charge in [-0.05, 0) is 55.8 Å². The fourth-order valence-corrected chi connectivity index (χ4v) is 4.27. The van der Waals surface area contributed by atoms with Crippen molar-refractivity contribution in [2.24, 2.45) is 0 Å². The molecule has 1 aliphatic rings. The number of hydrogen-bond acceptors (Lipinski definition) is 8. The van der Waals surface area contributed by atoms with Crippen molar-refractivity contribution in [3.05, 3.63) is 93.3 Å². The first-order valence-electron chi connectivity index (χ1n) is 11.6. The van der Waals surface area contributed by atoms with Gasteiger partial charge in [0.2, 0.25) is 0 Å². The second-order valence-electron chi connectivity index (χ2n) is 8.18. The van der Waals surface area contributed by atoms with Crippen LogP contribution in [0.1, 0.15) is 31.0 Å². The fourth-order valence-electron chi connectivity index (χ4n) is 4.27. The summed E-state index contributed by atoms with van der Waals surface area (Å²) in [7, 11) is 0. The normalized spacial score (nSPS) is 16.5. The minimum atomic E-state index is -1.39. The number of nitro benzene ring substituents is 1. The Hall–Kier alpha value is -4.93. The van der Waals surface area contributed by atoms with E-state index in [1.807, 2.05) is 0 Å². The van der Waals surface area contributed by atoms with Crippen molar-refractivity contribution >= 4 is 28.8 Å². The highest BCUT2D eigenvalue weighted by molar-refractivity contribution is 6.51. The molecule has 10 nitrogen and oxygen atoms in total. The maximum absolute atomic E-state index is 14.1. The average Bonchev–Trinajstić information content (AvgIpc) is 3.14. The summed E-state index contributed by atoms with van der Waals surface area (Å²) in [4.78, 5) is 38.2.